The van der Waals surface area contributed by atoms with Crippen LogP contribution in [0.5, 0.6) is 0 Å². The monoisotopic (exact) mass is 353 g/mol. The van der Waals surface area contributed by atoms with Crippen LogP contribution in [0.1, 0.15) is 40.4 Å². The number of hydrogen-bond acceptors (Lipinski definition) is 4. The molecule has 1 aliphatic carbocycles. The van der Waals surface area contributed by atoms with Crippen molar-refractivity contribution in [1.82, 2.24) is 10.6 Å². The number of carbonyl (C=O) groups is 2. The standard InChI is InChI=1S/C19H19N3O4/c23-18(21-17-10-7-13-3-1-2-4-16(13)17)11-12-20-19(24)14-5-8-15(9-6-14)22(25)26/h1-6,8-9,17H,7,10-12H2,(H,20,24)(H,21,23)/t17-/m1/s1. The zero-order chi connectivity index (χ0) is 18.5. The normalized spacial score (nSPS) is 15.2. The Bertz CT molecular complexity index is 833. The van der Waals surface area contributed by atoms with Gasteiger partial charge in [-0.05, 0) is 36.1 Å². The molecular weight excluding hydrogens is 334 g/mol. The first-order valence-corrected chi connectivity index (χ1v) is 8.44. The number of fused-ring (bicyclic) bond motifs is 1. The van der Waals surface area contributed by atoms with Crippen LogP contribution in [-0.4, -0.2) is 23.3 Å². The number of benzene rings is 2. The first kappa shape index (κ1) is 17.6. The van der Waals surface area contributed by atoms with Gasteiger partial charge in [0.05, 0.1) is 11.0 Å². The Balaban J connectivity index is 1.45. The van der Waals surface area contributed by atoms with Crippen LogP contribution in [-0.2, 0) is 11.2 Å². The molecule has 0 heterocycles. The first-order valence-electron chi connectivity index (χ1n) is 8.44. The lowest BCUT2D eigenvalue weighted by atomic mass is 10.1. The van der Waals surface area contributed by atoms with Gasteiger partial charge in [0.25, 0.3) is 11.6 Å². The van der Waals surface area contributed by atoms with Gasteiger partial charge >= 0.3 is 0 Å². The lowest BCUT2D eigenvalue weighted by Gasteiger charge is -2.14. The molecule has 2 aromatic rings. The molecule has 0 aromatic heterocycles. The van der Waals surface area contributed by atoms with E-state index in [-0.39, 0.29) is 36.5 Å². The van der Waals surface area contributed by atoms with Crippen LogP contribution >= 0.6 is 0 Å². The molecule has 7 nitrogen and oxygen atoms in total. The Hall–Kier alpha value is -3.22. The van der Waals surface area contributed by atoms with Crippen molar-refractivity contribution in [1.29, 1.82) is 0 Å². The topological polar surface area (TPSA) is 101 Å². The third-order valence-electron chi connectivity index (χ3n) is 4.45. The number of nitro benzene ring substituents is 1. The lowest BCUT2D eigenvalue weighted by molar-refractivity contribution is -0.384. The first-order chi connectivity index (χ1) is 12.5. The van der Waals surface area contributed by atoms with Crippen LogP contribution in [0.4, 0.5) is 5.69 Å². The second kappa shape index (κ2) is 7.77. The molecular formula is C19H19N3O4. The molecule has 0 radical (unpaired) electrons. The summed E-state index contributed by atoms with van der Waals surface area (Å²) in [6, 6.07) is 13.4. The maximum Gasteiger partial charge on any atom is 0.269 e. The average Bonchev–Trinajstić information content (AvgIpc) is 3.04. The summed E-state index contributed by atoms with van der Waals surface area (Å²) in [6.07, 6.45) is 2.02. The van der Waals surface area contributed by atoms with Crippen molar-refractivity contribution in [3.8, 4) is 0 Å². The summed E-state index contributed by atoms with van der Waals surface area (Å²) in [4.78, 5) is 34.2. The fourth-order valence-electron chi connectivity index (χ4n) is 3.10. The third kappa shape index (κ3) is 4.05. The summed E-state index contributed by atoms with van der Waals surface area (Å²) in [5.41, 5.74) is 2.68. The third-order valence-corrected chi connectivity index (χ3v) is 4.45. The molecule has 0 unspecified atom stereocenters. The maximum atomic E-state index is 12.1. The van der Waals surface area contributed by atoms with E-state index in [0.717, 1.165) is 18.4 Å². The largest absolute Gasteiger partial charge is 0.352 e. The number of nitro groups is 1. The van der Waals surface area contributed by atoms with Crippen molar-refractivity contribution in [3.63, 3.8) is 0 Å². The van der Waals surface area contributed by atoms with Gasteiger partial charge in [-0.25, -0.2) is 0 Å². The number of carbonyl (C=O) groups excluding carboxylic acids is 2. The zero-order valence-electron chi connectivity index (χ0n) is 14.1. The summed E-state index contributed by atoms with van der Waals surface area (Å²) >= 11 is 0. The number of nitrogens with zero attached hydrogens (tertiary/aromatic N) is 1. The Morgan fingerprint density at radius 3 is 2.58 bits per heavy atom. The maximum absolute atomic E-state index is 12.1. The molecule has 134 valence electrons. The molecule has 2 N–H and O–H groups in total. The Kier molecular flexibility index (Phi) is 5.26. The van der Waals surface area contributed by atoms with E-state index in [0.29, 0.717) is 5.56 Å². The molecule has 0 aliphatic heterocycles. The Morgan fingerprint density at radius 2 is 1.85 bits per heavy atom. The van der Waals surface area contributed by atoms with Gasteiger partial charge in [0.2, 0.25) is 5.91 Å². The van der Waals surface area contributed by atoms with Crippen LogP contribution < -0.4 is 10.6 Å². The van der Waals surface area contributed by atoms with Crippen molar-refractivity contribution in [3.05, 3.63) is 75.3 Å². The van der Waals surface area contributed by atoms with Gasteiger partial charge in [-0.3, -0.25) is 19.7 Å². The molecule has 1 aliphatic rings. The average molecular weight is 353 g/mol. The van der Waals surface area contributed by atoms with Crippen LogP contribution in [0.25, 0.3) is 0 Å². The van der Waals surface area contributed by atoms with Gasteiger partial charge in [-0.1, -0.05) is 24.3 Å². The van der Waals surface area contributed by atoms with E-state index in [2.05, 4.69) is 16.7 Å². The smallest absolute Gasteiger partial charge is 0.269 e. The summed E-state index contributed by atoms with van der Waals surface area (Å²) in [5, 5.41) is 16.3. The van der Waals surface area contributed by atoms with Gasteiger partial charge in [-0.2, -0.15) is 0 Å². The summed E-state index contributed by atoms with van der Waals surface area (Å²) in [6.45, 7) is 0.204. The van der Waals surface area contributed by atoms with E-state index in [4.69, 9.17) is 0 Å². The fourth-order valence-corrected chi connectivity index (χ4v) is 3.10. The van der Waals surface area contributed by atoms with E-state index in [1.54, 1.807) is 0 Å². The molecule has 26 heavy (non-hydrogen) atoms. The molecule has 1 atom stereocenters. The predicted molar refractivity (Wildman–Crippen MR) is 95.7 cm³/mol. The van der Waals surface area contributed by atoms with Crippen LogP contribution in [0, 0.1) is 10.1 Å². The zero-order valence-corrected chi connectivity index (χ0v) is 14.1. The molecule has 2 amide bonds. The molecule has 7 heteroatoms. The Labute approximate surface area is 150 Å². The highest BCUT2D eigenvalue weighted by molar-refractivity contribution is 5.94. The van der Waals surface area contributed by atoms with Crippen molar-refractivity contribution in [2.45, 2.75) is 25.3 Å². The van der Waals surface area contributed by atoms with Crippen LogP contribution in [0.2, 0.25) is 0 Å². The molecule has 0 spiro atoms. The van der Waals surface area contributed by atoms with E-state index in [1.807, 2.05) is 18.2 Å². The van der Waals surface area contributed by atoms with Crippen molar-refractivity contribution in [2.24, 2.45) is 0 Å². The number of rotatable bonds is 6. The van der Waals surface area contributed by atoms with Gasteiger partial charge in [0, 0.05) is 30.7 Å². The molecule has 0 saturated heterocycles. The van der Waals surface area contributed by atoms with Crippen molar-refractivity contribution < 1.29 is 14.5 Å². The SMILES string of the molecule is O=C(CCNC(=O)c1ccc([N+](=O)[O-])cc1)N[C@@H]1CCc2ccccc21. The molecule has 0 saturated carbocycles. The highest BCUT2D eigenvalue weighted by atomic mass is 16.6. The summed E-state index contributed by atoms with van der Waals surface area (Å²) in [7, 11) is 0. The molecule has 0 bridgehead atoms. The van der Waals surface area contributed by atoms with Crippen molar-refractivity contribution in [2.75, 3.05) is 6.54 Å². The van der Waals surface area contributed by atoms with Gasteiger partial charge in [0.1, 0.15) is 0 Å². The minimum absolute atomic E-state index is 0.0316. The summed E-state index contributed by atoms with van der Waals surface area (Å²) in [5.74, 6) is -0.477. The quantitative estimate of drug-likeness (QED) is 0.615. The predicted octanol–water partition coefficient (Wildman–Crippen LogP) is 2.52. The number of hydrogen-bond donors (Lipinski definition) is 2. The van der Waals surface area contributed by atoms with Crippen molar-refractivity contribution >= 4 is 17.5 Å². The van der Waals surface area contributed by atoms with E-state index >= 15 is 0 Å². The second-order valence-corrected chi connectivity index (χ2v) is 6.17. The number of non-ortho nitro benzene ring substituents is 1. The molecule has 2 aromatic carbocycles. The van der Waals surface area contributed by atoms with E-state index < -0.39 is 4.92 Å². The number of aryl methyl sites for hydroxylation is 1. The Morgan fingerprint density at radius 1 is 1.12 bits per heavy atom. The number of nitrogens with one attached hydrogen (secondary N) is 2. The van der Waals surface area contributed by atoms with E-state index in [1.165, 1.54) is 29.8 Å². The highest BCUT2D eigenvalue weighted by Gasteiger charge is 2.23. The minimum atomic E-state index is -0.521. The highest BCUT2D eigenvalue weighted by Crippen LogP contribution is 2.30. The number of amides is 2. The second-order valence-electron chi connectivity index (χ2n) is 6.17. The molecule has 0 fully saturated rings. The van der Waals surface area contributed by atoms with Gasteiger partial charge in [0.15, 0.2) is 0 Å². The van der Waals surface area contributed by atoms with Gasteiger partial charge < -0.3 is 10.6 Å². The fraction of sp³-hybridized carbons (Fsp3) is 0.263. The van der Waals surface area contributed by atoms with Crippen LogP contribution in [0.3, 0.4) is 0 Å². The minimum Gasteiger partial charge on any atom is -0.352 e. The summed E-state index contributed by atoms with van der Waals surface area (Å²) < 4.78 is 0. The van der Waals surface area contributed by atoms with Crippen LogP contribution in [0.15, 0.2) is 48.5 Å². The van der Waals surface area contributed by atoms with Gasteiger partial charge in [-0.15, -0.1) is 0 Å². The lowest BCUT2D eigenvalue weighted by Crippen LogP contribution is -2.32. The molecule has 3 rings (SSSR count). The van der Waals surface area contributed by atoms with E-state index in [9.17, 15) is 19.7 Å².